The lowest BCUT2D eigenvalue weighted by Gasteiger charge is -2.27. The van der Waals surface area contributed by atoms with Gasteiger partial charge < -0.3 is 20.8 Å². The summed E-state index contributed by atoms with van der Waals surface area (Å²) in [6.45, 7) is 1.59. The molecule has 0 atom stereocenters. The Morgan fingerprint density at radius 1 is 1.29 bits per heavy atom. The molecular formula is C19H21ClFN5O2. The number of nitrogens with one attached hydrogen (secondary N) is 1. The number of carbonyl (C=O) groups is 1. The number of hydrogen-bond donors (Lipinski definition) is 2. The molecule has 1 fully saturated rings. The van der Waals surface area contributed by atoms with Crippen LogP contribution in [0.25, 0.3) is 0 Å². The molecule has 0 radical (unpaired) electrons. The van der Waals surface area contributed by atoms with E-state index in [0.29, 0.717) is 11.3 Å². The van der Waals surface area contributed by atoms with Crippen molar-refractivity contribution in [2.24, 2.45) is 10.9 Å². The zero-order valence-electron chi connectivity index (χ0n) is 15.2. The first-order chi connectivity index (χ1) is 13.5. The first kappa shape index (κ1) is 19.9. The van der Waals surface area contributed by atoms with Crippen LogP contribution in [-0.2, 0) is 9.63 Å². The fourth-order valence-corrected chi connectivity index (χ4v) is 3.04. The molecule has 1 aromatic heterocycles. The third-order valence-electron chi connectivity index (χ3n) is 4.28. The van der Waals surface area contributed by atoms with Crippen LogP contribution < -0.4 is 16.0 Å². The van der Waals surface area contributed by atoms with Crippen molar-refractivity contribution in [3.05, 3.63) is 52.9 Å². The molecular weight excluding hydrogens is 385 g/mol. The Balaban J connectivity index is 1.55. The van der Waals surface area contributed by atoms with Crippen LogP contribution in [0.3, 0.4) is 0 Å². The summed E-state index contributed by atoms with van der Waals surface area (Å²) in [5.41, 5.74) is 6.98. The second-order valence-corrected chi connectivity index (χ2v) is 6.78. The van der Waals surface area contributed by atoms with Crippen molar-refractivity contribution in [3.63, 3.8) is 0 Å². The average Bonchev–Trinajstić information content (AvgIpc) is 2.71. The second kappa shape index (κ2) is 9.36. The SMILES string of the molecule is N/C(=N\OCC(=O)Nc1ccc(F)c(Cl)c1)c1ccnc(N2CCCCC2)c1. The molecule has 2 heterocycles. The van der Waals surface area contributed by atoms with E-state index in [1.54, 1.807) is 12.3 Å². The molecule has 0 unspecified atom stereocenters. The minimum atomic E-state index is -0.561. The maximum Gasteiger partial charge on any atom is 0.265 e. The van der Waals surface area contributed by atoms with E-state index in [1.165, 1.54) is 18.6 Å². The third-order valence-corrected chi connectivity index (χ3v) is 4.57. The maximum absolute atomic E-state index is 13.1. The van der Waals surface area contributed by atoms with E-state index in [2.05, 4.69) is 20.4 Å². The molecule has 1 aliphatic rings. The van der Waals surface area contributed by atoms with Gasteiger partial charge in [-0.15, -0.1) is 0 Å². The minimum Gasteiger partial charge on any atom is -0.384 e. The van der Waals surface area contributed by atoms with Crippen molar-refractivity contribution >= 4 is 34.8 Å². The Bertz CT molecular complexity index is 871. The molecule has 0 saturated carbocycles. The summed E-state index contributed by atoms with van der Waals surface area (Å²) in [5, 5.41) is 6.25. The molecule has 7 nitrogen and oxygen atoms in total. The van der Waals surface area contributed by atoms with E-state index in [0.717, 1.165) is 37.8 Å². The van der Waals surface area contributed by atoms with Gasteiger partial charge in [0.05, 0.1) is 5.02 Å². The highest BCUT2D eigenvalue weighted by Crippen LogP contribution is 2.20. The molecule has 148 valence electrons. The lowest BCUT2D eigenvalue weighted by atomic mass is 10.1. The van der Waals surface area contributed by atoms with E-state index in [-0.39, 0.29) is 17.5 Å². The van der Waals surface area contributed by atoms with Gasteiger partial charge in [0.25, 0.3) is 5.91 Å². The van der Waals surface area contributed by atoms with Crippen LogP contribution in [0.5, 0.6) is 0 Å². The molecule has 1 amide bonds. The van der Waals surface area contributed by atoms with Crippen molar-refractivity contribution in [2.75, 3.05) is 29.9 Å². The molecule has 3 rings (SSSR count). The van der Waals surface area contributed by atoms with Gasteiger partial charge in [0.15, 0.2) is 12.4 Å². The smallest absolute Gasteiger partial charge is 0.265 e. The van der Waals surface area contributed by atoms with Gasteiger partial charge in [-0.2, -0.15) is 0 Å². The summed E-state index contributed by atoms with van der Waals surface area (Å²) in [6, 6.07) is 7.46. The normalized spacial score (nSPS) is 14.6. The van der Waals surface area contributed by atoms with E-state index in [9.17, 15) is 9.18 Å². The van der Waals surface area contributed by atoms with Crippen LogP contribution in [-0.4, -0.2) is 36.4 Å². The van der Waals surface area contributed by atoms with Crippen LogP contribution in [0.1, 0.15) is 24.8 Å². The van der Waals surface area contributed by atoms with Gasteiger partial charge in [-0.25, -0.2) is 9.37 Å². The Kier molecular flexibility index (Phi) is 6.65. The fourth-order valence-electron chi connectivity index (χ4n) is 2.86. The summed E-state index contributed by atoms with van der Waals surface area (Å²) in [6.07, 6.45) is 5.20. The van der Waals surface area contributed by atoms with Crippen LogP contribution in [0.2, 0.25) is 5.02 Å². The number of carbonyl (C=O) groups excluding carboxylic acids is 1. The molecule has 1 saturated heterocycles. The first-order valence-corrected chi connectivity index (χ1v) is 9.32. The van der Waals surface area contributed by atoms with Crippen molar-refractivity contribution in [1.29, 1.82) is 0 Å². The quantitative estimate of drug-likeness (QED) is 0.437. The summed E-state index contributed by atoms with van der Waals surface area (Å²) in [4.78, 5) is 23.5. The van der Waals surface area contributed by atoms with E-state index in [4.69, 9.17) is 22.2 Å². The number of oxime groups is 1. The molecule has 0 spiro atoms. The van der Waals surface area contributed by atoms with E-state index < -0.39 is 11.7 Å². The standard InChI is InChI=1S/C19H21ClFN5O2/c20-15-11-14(4-5-16(15)21)24-18(27)12-28-25-19(22)13-6-7-23-17(10-13)26-8-2-1-3-9-26/h4-7,10-11H,1-3,8-9,12H2,(H2,22,25)(H,24,27). The van der Waals surface area contributed by atoms with Crippen molar-refractivity contribution < 1.29 is 14.0 Å². The number of pyridine rings is 1. The van der Waals surface area contributed by atoms with Gasteiger partial charge in [-0.05, 0) is 49.6 Å². The van der Waals surface area contributed by atoms with Crippen LogP contribution >= 0.6 is 11.6 Å². The zero-order chi connectivity index (χ0) is 19.9. The molecule has 0 aliphatic carbocycles. The second-order valence-electron chi connectivity index (χ2n) is 6.38. The average molecular weight is 406 g/mol. The summed E-state index contributed by atoms with van der Waals surface area (Å²) >= 11 is 5.68. The van der Waals surface area contributed by atoms with Gasteiger partial charge in [0.2, 0.25) is 0 Å². The summed E-state index contributed by atoms with van der Waals surface area (Å²) in [5.74, 6) is -0.0305. The van der Waals surface area contributed by atoms with Crippen molar-refractivity contribution in [2.45, 2.75) is 19.3 Å². The van der Waals surface area contributed by atoms with Gasteiger partial charge in [-0.3, -0.25) is 4.79 Å². The van der Waals surface area contributed by atoms with Crippen LogP contribution in [0, 0.1) is 5.82 Å². The number of hydrogen-bond acceptors (Lipinski definition) is 5. The number of amides is 1. The number of benzene rings is 1. The Morgan fingerprint density at radius 2 is 2.07 bits per heavy atom. The Labute approximate surface area is 167 Å². The highest BCUT2D eigenvalue weighted by molar-refractivity contribution is 6.31. The minimum absolute atomic E-state index is 0.0804. The van der Waals surface area contributed by atoms with E-state index >= 15 is 0 Å². The summed E-state index contributed by atoms with van der Waals surface area (Å²) < 4.78 is 13.1. The fraction of sp³-hybridized carbons (Fsp3) is 0.316. The van der Waals surface area contributed by atoms with Gasteiger partial charge in [0, 0.05) is 30.5 Å². The molecule has 2 aromatic rings. The van der Waals surface area contributed by atoms with Crippen LogP contribution in [0.4, 0.5) is 15.9 Å². The number of nitrogens with zero attached hydrogens (tertiary/aromatic N) is 3. The third kappa shape index (κ3) is 5.32. The number of rotatable bonds is 6. The van der Waals surface area contributed by atoms with Crippen LogP contribution in [0.15, 0.2) is 41.7 Å². The van der Waals surface area contributed by atoms with E-state index in [1.807, 2.05) is 6.07 Å². The highest BCUT2D eigenvalue weighted by atomic mass is 35.5. The number of amidine groups is 1. The number of piperidine rings is 1. The topological polar surface area (TPSA) is 92.8 Å². The zero-order valence-corrected chi connectivity index (χ0v) is 16.0. The molecule has 3 N–H and O–H groups in total. The molecule has 1 aromatic carbocycles. The van der Waals surface area contributed by atoms with Gasteiger partial charge in [-0.1, -0.05) is 16.8 Å². The number of nitrogens with two attached hydrogens (primary N) is 1. The lowest BCUT2D eigenvalue weighted by molar-refractivity contribution is -0.120. The highest BCUT2D eigenvalue weighted by Gasteiger charge is 2.13. The Hall–Kier alpha value is -2.87. The van der Waals surface area contributed by atoms with Crippen molar-refractivity contribution in [3.8, 4) is 0 Å². The van der Waals surface area contributed by atoms with Crippen molar-refractivity contribution in [1.82, 2.24) is 4.98 Å². The lowest BCUT2D eigenvalue weighted by Crippen LogP contribution is -2.30. The summed E-state index contributed by atoms with van der Waals surface area (Å²) in [7, 11) is 0. The first-order valence-electron chi connectivity index (χ1n) is 8.94. The van der Waals surface area contributed by atoms with Gasteiger partial charge >= 0.3 is 0 Å². The maximum atomic E-state index is 13.1. The van der Waals surface area contributed by atoms with Gasteiger partial charge in [0.1, 0.15) is 11.6 Å². The Morgan fingerprint density at radius 3 is 2.82 bits per heavy atom. The monoisotopic (exact) mass is 405 g/mol. The molecule has 9 heteroatoms. The predicted molar refractivity (Wildman–Crippen MR) is 107 cm³/mol. The number of aromatic nitrogens is 1. The molecule has 0 bridgehead atoms. The predicted octanol–water partition coefficient (Wildman–Crippen LogP) is 3.14. The number of anilines is 2. The molecule has 1 aliphatic heterocycles. The number of halogens is 2. The largest absolute Gasteiger partial charge is 0.384 e. The molecule has 28 heavy (non-hydrogen) atoms.